The van der Waals surface area contributed by atoms with Gasteiger partial charge in [-0.25, -0.2) is 0 Å². The van der Waals surface area contributed by atoms with Gasteiger partial charge in [0, 0.05) is 11.2 Å². The lowest BCUT2D eigenvalue weighted by atomic mass is 9.63. The van der Waals surface area contributed by atoms with Crippen molar-refractivity contribution in [2.45, 2.75) is 51.0 Å². The highest BCUT2D eigenvalue weighted by Gasteiger charge is 2.52. The Hall–Kier alpha value is 0.270. The van der Waals surface area contributed by atoms with Crippen molar-refractivity contribution < 1.29 is 10.2 Å². The van der Waals surface area contributed by atoms with Gasteiger partial charge in [-0.15, -0.1) is 0 Å². The molecule has 1 unspecified atom stereocenters. The van der Waals surface area contributed by atoms with E-state index in [9.17, 15) is 10.2 Å². The molecule has 0 spiro atoms. The Kier molecular flexibility index (Phi) is 3.87. The predicted molar refractivity (Wildman–Crippen MR) is 68.7 cm³/mol. The van der Waals surface area contributed by atoms with Gasteiger partial charge in [-0.05, 0) is 43.8 Å². The molecule has 0 bridgehead atoms. The van der Waals surface area contributed by atoms with E-state index in [0.29, 0.717) is 0 Å². The molecule has 1 aliphatic carbocycles. The summed E-state index contributed by atoms with van der Waals surface area (Å²) in [5.74, 6) is 2.83. The van der Waals surface area contributed by atoms with Crippen molar-refractivity contribution in [1.29, 1.82) is 0 Å². The molecule has 1 heterocycles. The molecule has 2 nitrogen and oxygen atoms in total. The molecule has 3 heteroatoms. The Morgan fingerprint density at radius 1 is 1.25 bits per heavy atom. The number of hydrogen-bond donors (Lipinski definition) is 2. The van der Waals surface area contributed by atoms with Gasteiger partial charge >= 0.3 is 0 Å². The van der Waals surface area contributed by atoms with Crippen molar-refractivity contribution >= 4 is 11.8 Å². The molecule has 94 valence electrons. The molecule has 2 N–H and O–H groups in total. The maximum atomic E-state index is 10.9. The molecule has 2 fully saturated rings. The lowest BCUT2D eigenvalue weighted by molar-refractivity contribution is -0.124. The lowest BCUT2D eigenvalue weighted by Crippen LogP contribution is -2.53. The van der Waals surface area contributed by atoms with Gasteiger partial charge in [0.1, 0.15) is 0 Å². The molecule has 16 heavy (non-hydrogen) atoms. The molecule has 2 rings (SSSR count). The van der Waals surface area contributed by atoms with Gasteiger partial charge in [0.2, 0.25) is 0 Å². The van der Waals surface area contributed by atoms with Gasteiger partial charge < -0.3 is 10.2 Å². The van der Waals surface area contributed by atoms with Crippen LogP contribution in [0.4, 0.5) is 0 Å². The summed E-state index contributed by atoms with van der Waals surface area (Å²) in [6.45, 7) is 2.40. The fourth-order valence-electron chi connectivity index (χ4n) is 3.34. The topological polar surface area (TPSA) is 40.5 Å². The third kappa shape index (κ3) is 2.02. The molecule has 1 aliphatic heterocycles. The summed E-state index contributed by atoms with van der Waals surface area (Å²) < 4.78 is 0. The minimum atomic E-state index is -0.586. The summed E-state index contributed by atoms with van der Waals surface area (Å²) >= 11 is 1.88. The van der Waals surface area contributed by atoms with Gasteiger partial charge in [0.05, 0.1) is 12.2 Å². The van der Waals surface area contributed by atoms with Crippen molar-refractivity contribution in [3.8, 4) is 0 Å². The van der Waals surface area contributed by atoms with Gasteiger partial charge in [-0.1, -0.05) is 13.3 Å². The summed E-state index contributed by atoms with van der Waals surface area (Å²) in [6, 6.07) is 0. The standard InChI is InChI=1S/C13H24O2S/c1-2-11-3-5-13(15,6-4-11)12(9-14)7-8-16-10-12/h11,14-15H,2-10H2,1H3. The molecule has 0 aromatic heterocycles. The summed E-state index contributed by atoms with van der Waals surface area (Å²) in [5.41, 5.74) is -0.784. The van der Waals surface area contributed by atoms with E-state index in [1.807, 2.05) is 11.8 Å². The third-order valence-electron chi connectivity index (χ3n) is 4.90. The van der Waals surface area contributed by atoms with Crippen LogP contribution >= 0.6 is 11.8 Å². The zero-order chi connectivity index (χ0) is 11.6. The van der Waals surface area contributed by atoms with Crippen LogP contribution in [0, 0.1) is 11.3 Å². The highest BCUT2D eigenvalue weighted by Crippen LogP contribution is 2.51. The Labute approximate surface area is 103 Å². The second-order valence-corrected chi connectivity index (χ2v) is 6.73. The van der Waals surface area contributed by atoms with E-state index in [1.165, 1.54) is 6.42 Å². The zero-order valence-corrected chi connectivity index (χ0v) is 11.1. The lowest BCUT2D eigenvalue weighted by Gasteiger charge is -2.47. The normalized spacial score (nSPS) is 44.8. The monoisotopic (exact) mass is 244 g/mol. The number of aliphatic hydroxyl groups is 2. The Morgan fingerprint density at radius 3 is 2.38 bits per heavy atom. The van der Waals surface area contributed by atoms with Crippen LogP contribution in [0.5, 0.6) is 0 Å². The quantitative estimate of drug-likeness (QED) is 0.801. The first-order valence-electron chi connectivity index (χ1n) is 6.57. The van der Waals surface area contributed by atoms with Gasteiger partial charge in [-0.3, -0.25) is 0 Å². The first-order valence-corrected chi connectivity index (χ1v) is 7.72. The van der Waals surface area contributed by atoms with Crippen LogP contribution in [0.3, 0.4) is 0 Å². The Bertz CT molecular complexity index is 228. The molecule has 0 aromatic carbocycles. The Balaban J connectivity index is 2.07. The molecule has 0 aromatic rings. The van der Waals surface area contributed by atoms with Crippen LogP contribution in [0.1, 0.15) is 45.4 Å². The van der Waals surface area contributed by atoms with Crippen LogP contribution in [0.15, 0.2) is 0 Å². The van der Waals surface area contributed by atoms with Gasteiger partial charge in [-0.2, -0.15) is 11.8 Å². The second-order valence-electron chi connectivity index (χ2n) is 5.62. The highest BCUT2D eigenvalue weighted by molar-refractivity contribution is 7.99. The predicted octanol–water partition coefficient (Wildman–Crippen LogP) is 2.43. The van der Waals surface area contributed by atoms with Crippen LogP contribution in [-0.2, 0) is 0 Å². The highest BCUT2D eigenvalue weighted by atomic mass is 32.2. The van der Waals surface area contributed by atoms with E-state index in [1.54, 1.807) is 0 Å². The largest absolute Gasteiger partial charge is 0.396 e. The number of rotatable bonds is 3. The van der Waals surface area contributed by atoms with E-state index >= 15 is 0 Å². The van der Waals surface area contributed by atoms with Crippen molar-refractivity contribution in [3.05, 3.63) is 0 Å². The van der Waals surface area contributed by atoms with Gasteiger partial charge in [0.15, 0.2) is 0 Å². The number of hydrogen-bond acceptors (Lipinski definition) is 3. The summed E-state index contributed by atoms with van der Waals surface area (Å²) in [7, 11) is 0. The first kappa shape index (κ1) is 12.7. The van der Waals surface area contributed by atoms with Crippen molar-refractivity contribution in [1.82, 2.24) is 0 Å². The molecule has 1 atom stereocenters. The first-order chi connectivity index (χ1) is 7.66. The minimum absolute atomic E-state index is 0.160. The average molecular weight is 244 g/mol. The SMILES string of the molecule is CCC1CCC(O)(C2(CO)CCSC2)CC1. The van der Waals surface area contributed by atoms with E-state index in [4.69, 9.17) is 0 Å². The van der Waals surface area contributed by atoms with E-state index < -0.39 is 5.60 Å². The van der Waals surface area contributed by atoms with Crippen LogP contribution in [0.25, 0.3) is 0 Å². The Morgan fingerprint density at radius 2 is 1.94 bits per heavy atom. The molecule has 1 saturated carbocycles. The molecule has 0 amide bonds. The van der Waals surface area contributed by atoms with Crippen LogP contribution in [-0.4, -0.2) is 33.9 Å². The maximum absolute atomic E-state index is 10.9. The number of aliphatic hydroxyl groups excluding tert-OH is 1. The van der Waals surface area contributed by atoms with Crippen LogP contribution in [0.2, 0.25) is 0 Å². The summed E-state index contributed by atoms with van der Waals surface area (Å²) in [6.07, 6.45) is 6.29. The van der Waals surface area contributed by atoms with Crippen LogP contribution < -0.4 is 0 Å². The fraction of sp³-hybridized carbons (Fsp3) is 1.00. The summed E-state index contributed by atoms with van der Waals surface area (Å²) in [4.78, 5) is 0. The van der Waals surface area contributed by atoms with Crippen molar-refractivity contribution in [2.24, 2.45) is 11.3 Å². The molecule has 0 radical (unpaired) electrons. The molecule has 2 aliphatic rings. The second kappa shape index (κ2) is 4.87. The number of thioether (sulfide) groups is 1. The third-order valence-corrected chi connectivity index (χ3v) is 6.15. The molecular weight excluding hydrogens is 220 g/mol. The van der Waals surface area contributed by atoms with Gasteiger partial charge in [0.25, 0.3) is 0 Å². The van der Waals surface area contributed by atoms with E-state index in [2.05, 4.69) is 6.92 Å². The average Bonchev–Trinajstić information content (AvgIpc) is 2.80. The summed E-state index contributed by atoms with van der Waals surface area (Å²) in [5, 5.41) is 20.5. The smallest absolute Gasteiger partial charge is 0.0734 e. The fourth-order valence-corrected chi connectivity index (χ4v) is 4.91. The maximum Gasteiger partial charge on any atom is 0.0734 e. The van der Waals surface area contributed by atoms with Crippen molar-refractivity contribution in [3.63, 3.8) is 0 Å². The molecule has 1 saturated heterocycles. The van der Waals surface area contributed by atoms with Crippen molar-refractivity contribution in [2.75, 3.05) is 18.1 Å². The minimum Gasteiger partial charge on any atom is -0.396 e. The molecular formula is C13H24O2S. The van der Waals surface area contributed by atoms with E-state index in [0.717, 1.165) is 49.5 Å². The zero-order valence-electron chi connectivity index (χ0n) is 10.2. The van der Waals surface area contributed by atoms with E-state index in [-0.39, 0.29) is 12.0 Å².